The lowest BCUT2D eigenvalue weighted by Crippen LogP contribution is -2.52. The molecule has 1 saturated carbocycles. The van der Waals surface area contributed by atoms with E-state index in [1.54, 1.807) is 21.9 Å². The molecule has 0 bridgehead atoms. The predicted octanol–water partition coefficient (Wildman–Crippen LogP) is 4.32. The van der Waals surface area contributed by atoms with E-state index in [4.69, 9.17) is 20.9 Å². The van der Waals surface area contributed by atoms with Gasteiger partial charge in [-0.15, -0.1) is 0 Å². The van der Waals surface area contributed by atoms with Crippen LogP contribution in [-0.4, -0.2) is 55.9 Å². The average Bonchev–Trinajstić information content (AvgIpc) is 3.56. The molecule has 11 heteroatoms. The molecule has 2 fully saturated rings. The Balaban J connectivity index is 1.51. The van der Waals surface area contributed by atoms with Crippen LogP contribution in [0.1, 0.15) is 87.3 Å². The molecule has 2 aliphatic heterocycles. The van der Waals surface area contributed by atoms with Crippen molar-refractivity contribution in [2.75, 3.05) is 13.1 Å². The first-order valence-electron chi connectivity index (χ1n) is 13.4. The van der Waals surface area contributed by atoms with E-state index in [9.17, 15) is 19.5 Å². The Hall–Kier alpha value is -3.14. The molecule has 2 aromatic rings. The molecule has 3 unspecified atom stereocenters. The van der Waals surface area contributed by atoms with Gasteiger partial charge in [0.15, 0.2) is 6.61 Å². The van der Waals surface area contributed by atoms with Crippen molar-refractivity contribution in [3.8, 4) is 5.75 Å². The van der Waals surface area contributed by atoms with Gasteiger partial charge in [-0.2, -0.15) is 4.98 Å². The standard InChI is InChI=1S/C27H33ClN4O6/c1-15(2)24-29-21(30-38-24)14-37-20-10-9-19(28)18-11-13-32(25(23(18)20)31-12-5-8-22(31)33)26(34)16-6-3-4-7-17(16)27(35)36/h9-10,15-17,25H,3-8,11-14H2,1-2H3,(H,35,36). The van der Waals surface area contributed by atoms with Crippen molar-refractivity contribution in [1.29, 1.82) is 0 Å². The van der Waals surface area contributed by atoms with Gasteiger partial charge >= 0.3 is 5.97 Å². The minimum absolute atomic E-state index is 0.0443. The van der Waals surface area contributed by atoms with E-state index in [1.165, 1.54) is 0 Å². The summed E-state index contributed by atoms with van der Waals surface area (Å²) in [5.74, 6) is -1.09. The topological polar surface area (TPSA) is 126 Å². The van der Waals surface area contributed by atoms with Crippen molar-refractivity contribution < 1.29 is 28.8 Å². The number of nitrogens with zero attached hydrogens (tertiary/aromatic N) is 4. The Kier molecular flexibility index (Phi) is 7.61. The van der Waals surface area contributed by atoms with Gasteiger partial charge in [-0.05, 0) is 43.4 Å². The highest BCUT2D eigenvalue weighted by Crippen LogP contribution is 2.45. The number of carbonyl (C=O) groups is 3. The minimum Gasteiger partial charge on any atom is -0.485 e. The van der Waals surface area contributed by atoms with Gasteiger partial charge in [0.2, 0.25) is 23.5 Å². The van der Waals surface area contributed by atoms with Gasteiger partial charge in [-0.25, -0.2) is 0 Å². The fourth-order valence-electron chi connectivity index (χ4n) is 5.91. The number of rotatable bonds is 7. The summed E-state index contributed by atoms with van der Waals surface area (Å²) in [5, 5.41) is 14.4. The monoisotopic (exact) mass is 544 g/mol. The second kappa shape index (κ2) is 10.9. The van der Waals surface area contributed by atoms with Crippen LogP contribution >= 0.6 is 11.6 Å². The van der Waals surface area contributed by atoms with E-state index in [-0.39, 0.29) is 24.3 Å². The van der Waals surface area contributed by atoms with Crippen molar-refractivity contribution in [1.82, 2.24) is 19.9 Å². The smallest absolute Gasteiger partial charge is 0.307 e. The van der Waals surface area contributed by atoms with Crippen LogP contribution in [0.15, 0.2) is 16.7 Å². The Morgan fingerprint density at radius 3 is 2.58 bits per heavy atom. The highest BCUT2D eigenvalue weighted by atomic mass is 35.5. The molecule has 10 nitrogen and oxygen atoms in total. The van der Waals surface area contributed by atoms with E-state index >= 15 is 0 Å². The van der Waals surface area contributed by atoms with Gasteiger partial charge in [0.05, 0.1) is 11.8 Å². The van der Waals surface area contributed by atoms with Crippen LogP contribution in [0.5, 0.6) is 5.75 Å². The quantitative estimate of drug-likeness (QED) is 0.546. The maximum atomic E-state index is 14.0. The molecule has 1 N–H and O–H groups in total. The Morgan fingerprint density at radius 1 is 1.16 bits per heavy atom. The zero-order chi connectivity index (χ0) is 27.0. The number of benzene rings is 1. The first-order valence-corrected chi connectivity index (χ1v) is 13.7. The van der Waals surface area contributed by atoms with E-state index in [1.807, 2.05) is 13.8 Å². The maximum absolute atomic E-state index is 14.0. The summed E-state index contributed by atoms with van der Waals surface area (Å²) in [6, 6.07) is 3.50. The van der Waals surface area contributed by atoms with Crippen molar-refractivity contribution >= 4 is 29.4 Å². The van der Waals surface area contributed by atoms with Crippen LogP contribution in [-0.2, 0) is 27.4 Å². The Morgan fingerprint density at radius 2 is 1.92 bits per heavy atom. The van der Waals surface area contributed by atoms with Crippen LogP contribution in [0.25, 0.3) is 0 Å². The molecule has 38 heavy (non-hydrogen) atoms. The molecule has 3 atom stereocenters. The van der Waals surface area contributed by atoms with Crippen LogP contribution in [0, 0.1) is 11.8 Å². The van der Waals surface area contributed by atoms with Crippen LogP contribution in [0.4, 0.5) is 0 Å². The number of fused-ring (bicyclic) bond motifs is 1. The number of halogens is 1. The average molecular weight is 545 g/mol. The molecule has 0 spiro atoms. The fraction of sp³-hybridized carbons (Fsp3) is 0.593. The predicted molar refractivity (Wildman–Crippen MR) is 136 cm³/mol. The van der Waals surface area contributed by atoms with E-state index in [2.05, 4.69) is 10.1 Å². The normalized spacial score (nSPS) is 23.6. The zero-order valence-electron chi connectivity index (χ0n) is 21.7. The second-order valence-electron chi connectivity index (χ2n) is 10.6. The third-order valence-corrected chi connectivity index (χ3v) is 8.19. The van der Waals surface area contributed by atoms with Gasteiger partial charge in [-0.1, -0.05) is 43.4 Å². The Labute approximate surface area is 226 Å². The maximum Gasteiger partial charge on any atom is 0.307 e. The van der Waals surface area contributed by atoms with Gasteiger partial charge in [0.1, 0.15) is 11.9 Å². The van der Waals surface area contributed by atoms with Crippen molar-refractivity contribution in [2.24, 2.45) is 11.8 Å². The van der Waals surface area contributed by atoms with Gasteiger partial charge in [-0.3, -0.25) is 14.4 Å². The molecule has 3 aliphatic rings. The number of likely N-dealkylation sites (tertiary alicyclic amines) is 1. The summed E-state index contributed by atoms with van der Waals surface area (Å²) in [5.41, 5.74) is 1.50. The third-order valence-electron chi connectivity index (χ3n) is 7.84. The number of aromatic nitrogens is 2. The minimum atomic E-state index is -0.942. The number of carboxylic acid groups (broad SMARTS) is 1. The number of hydrogen-bond acceptors (Lipinski definition) is 7. The zero-order valence-corrected chi connectivity index (χ0v) is 22.4. The van der Waals surface area contributed by atoms with Crippen molar-refractivity contribution in [3.05, 3.63) is 40.0 Å². The summed E-state index contributed by atoms with van der Waals surface area (Å²) < 4.78 is 11.5. The molecule has 5 rings (SSSR count). The third kappa shape index (κ3) is 4.98. The summed E-state index contributed by atoms with van der Waals surface area (Å²) in [7, 11) is 0. The van der Waals surface area contributed by atoms with E-state index in [0.717, 1.165) is 18.4 Å². The first kappa shape index (κ1) is 26.5. The highest BCUT2D eigenvalue weighted by molar-refractivity contribution is 6.31. The SMILES string of the molecule is CC(C)c1nc(COc2ccc(Cl)c3c2C(N2CCCC2=O)N(C(=O)C2CCCCC2C(=O)O)CC3)no1. The fourth-order valence-corrected chi connectivity index (χ4v) is 6.17. The molecule has 0 radical (unpaired) electrons. The van der Waals surface area contributed by atoms with E-state index < -0.39 is 24.0 Å². The number of ether oxygens (including phenoxy) is 1. The number of amides is 2. The molecular weight excluding hydrogens is 512 g/mol. The van der Waals surface area contributed by atoms with Crippen LogP contribution in [0.3, 0.4) is 0 Å². The summed E-state index contributed by atoms with van der Waals surface area (Å²) in [6.45, 7) is 4.79. The molecule has 1 aromatic carbocycles. The summed E-state index contributed by atoms with van der Waals surface area (Å²) in [6.07, 6.45) is 3.43. The first-order chi connectivity index (χ1) is 18.3. The van der Waals surface area contributed by atoms with Gasteiger partial charge in [0.25, 0.3) is 0 Å². The lowest BCUT2D eigenvalue weighted by molar-refractivity contribution is -0.157. The number of carbonyl (C=O) groups excluding carboxylic acids is 2. The largest absolute Gasteiger partial charge is 0.485 e. The molecule has 1 aromatic heterocycles. The summed E-state index contributed by atoms with van der Waals surface area (Å²) >= 11 is 6.64. The molecule has 3 heterocycles. The van der Waals surface area contributed by atoms with Crippen molar-refractivity contribution in [2.45, 2.75) is 77.5 Å². The summed E-state index contributed by atoms with van der Waals surface area (Å²) in [4.78, 5) is 46.8. The number of aliphatic carboxylic acids is 1. The molecule has 1 saturated heterocycles. The highest BCUT2D eigenvalue weighted by Gasteiger charge is 2.46. The van der Waals surface area contributed by atoms with Crippen LogP contribution in [0.2, 0.25) is 5.02 Å². The molecule has 204 valence electrons. The second-order valence-corrected chi connectivity index (χ2v) is 11.0. The Bertz CT molecular complexity index is 1230. The van der Waals surface area contributed by atoms with Crippen LogP contribution < -0.4 is 4.74 Å². The molecule has 1 aliphatic carbocycles. The van der Waals surface area contributed by atoms with Gasteiger partial charge < -0.3 is 24.2 Å². The van der Waals surface area contributed by atoms with Gasteiger partial charge in [0, 0.05) is 36.0 Å². The van der Waals surface area contributed by atoms with Crippen molar-refractivity contribution in [3.63, 3.8) is 0 Å². The lowest BCUT2D eigenvalue weighted by atomic mass is 9.78. The molecule has 2 amide bonds. The lowest BCUT2D eigenvalue weighted by Gasteiger charge is -2.45. The van der Waals surface area contributed by atoms with E-state index in [0.29, 0.717) is 73.2 Å². The molecular formula is C27H33ClN4O6. The number of carboxylic acids is 1. The number of hydrogen-bond donors (Lipinski definition) is 1.